The van der Waals surface area contributed by atoms with E-state index in [0.29, 0.717) is 35.1 Å². The van der Waals surface area contributed by atoms with Crippen LogP contribution in [0.1, 0.15) is 23.2 Å². The van der Waals surface area contributed by atoms with E-state index < -0.39 is 15.9 Å². The molecule has 2 N–H and O–H groups in total. The van der Waals surface area contributed by atoms with Gasteiger partial charge in [-0.3, -0.25) is 14.5 Å². The number of aromatic nitrogens is 2. The zero-order chi connectivity index (χ0) is 21.1. The van der Waals surface area contributed by atoms with Gasteiger partial charge in [0.2, 0.25) is 0 Å². The van der Waals surface area contributed by atoms with E-state index >= 15 is 0 Å². The van der Waals surface area contributed by atoms with Crippen LogP contribution < -0.4 is 10.0 Å². The van der Waals surface area contributed by atoms with Crippen molar-refractivity contribution in [3.05, 3.63) is 71.5 Å². The van der Waals surface area contributed by atoms with Crippen LogP contribution in [0.4, 0.5) is 5.69 Å². The van der Waals surface area contributed by atoms with Crippen LogP contribution in [0, 0.1) is 0 Å². The monoisotopic (exact) mass is 443 g/mol. The van der Waals surface area contributed by atoms with E-state index in [-0.39, 0.29) is 4.90 Å². The predicted octanol–water partition coefficient (Wildman–Crippen LogP) is 3.25. The molecule has 2 heterocycles. The van der Waals surface area contributed by atoms with Gasteiger partial charge in [0, 0.05) is 29.9 Å². The lowest BCUT2D eigenvalue weighted by molar-refractivity contribution is 0.102. The first-order chi connectivity index (χ1) is 14.4. The zero-order valence-electron chi connectivity index (χ0n) is 15.7. The molecule has 0 unspecified atom stereocenters. The molecular formula is C20H18ClN5O3S. The van der Waals surface area contributed by atoms with Gasteiger partial charge in [-0.1, -0.05) is 17.7 Å². The maximum Gasteiger partial charge on any atom is 0.262 e. The summed E-state index contributed by atoms with van der Waals surface area (Å²) in [5, 5.41) is 7.49. The van der Waals surface area contributed by atoms with Gasteiger partial charge < -0.3 is 5.32 Å². The van der Waals surface area contributed by atoms with Crippen LogP contribution in [-0.4, -0.2) is 36.5 Å². The number of rotatable bonds is 5. The molecule has 0 aliphatic carbocycles. The van der Waals surface area contributed by atoms with E-state index in [0.717, 1.165) is 12.1 Å². The number of anilines is 1. The molecule has 0 radical (unpaired) electrons. The predicted molar refractivity (Wildman–Crippen MR) is 115 cm³/mol. The number of carbonyl (C=O) groups is 1. The molecule has 154 valence electrons. The van der Waals surface area contributed by atoms with Gasteiger partial charge in [0.1, 0.15) is 5.84 Å². The largest absolute Gasteiger partial charge is 0.322 e. The third kappa shape index (κ3) is 4.52. The fourth-order valence-electron chi connectivity index (χ4n) is 2.96. The van der Waals surface area contributed by atoms with Crippen LogP contribution in [0.3, 0.4) is 0 Å². The van der Waals surface area contributed by atoms with Crippen LogP contribution in [0.15, 0.2) is 70.8 Å². The quantitative estimate of drug-likeness (QED) is 0.631. The number of sulfonamides is 1. The molecule has 0 bridgehead atoms. The highest BCUT2D eigenvalue weighted by molar-refractivity contribution is 7.90. The van der Waals surface area contributed by atoms with Crippen molar-refractivity contribution >= 4 is 39.1 Å². The van der Waals surface area contributed by atoms with Crippen LogP contribution in [0.5, 0.6) is 0 Å². The standard InChI is InChI=1S/C20H18ClN5O3S/c21-15-6-8-17(9-7-15)26-13-14(12-23-26)20(27)24-16-3-1-4-18(11-16)30(28,29)25-19-5-2-10-22-19/h1,3-4,6-9,11-13H,2,5,10H2,(H,22,25)(H,24,27). The Morgan fingerprint density at radius 2 is 1.93 bits per heavy atom. The van der Waals surface area contributed by atoms with Gasteiger partial charge in [-0.25, -0.2) is 13.1 Å². The van der Waals surface area contributed by atoms with Gasteiger partial charge >= 0.3 is 0 Å². The van der Waals surface area contributed by atoms with Gasteiger partial charge in [0.15, 0.2) is 0 Å². The van der Waals surface area contributed by atoms with Crippen molar-refractivity contribution in [1.82, 2.24) is 14.5 Å². The number of hydrogen-bond donors (Lipinski definition) is 2. The first kappa shape index (κ1) is 20.1. The Bertz CT molecular complexity index is 1220. The highest BCUT2D eigenvalue weighted by Crippen LogP contribution is 2.18. The highest BCUT2D eigenvalue weighted by atomic mass is 35.5. The molecule has 0 fully saturated rings. The van der Waals surface area contributed by atoms with Crippen LogP contribution in [0.2, 0.25) is 5.02 Å². The number of amidine groups is 1. The molecule has 0 spiro atoms. The molecular weight excluding hydrogens is 426 g/mol. The number of nitrogens with one attached hydrogen (secondary N) is 2. The Morgan fingerprint density at radius 1 is 1.13 bits per heavy atom. The third-order valence-corrected chi connectivity index (χ3v) is 6.10. The maximum absolute atomic E-state index is 12.6. The van der Waals surface area contributed by atoms with E-state index in [1.807, 2.05) is 0 Å². The lowest BCUT2D eigenvalue weighted by Crippen LogP contribution is -2.29. The molecule has 1 aliphatic rings. The lowest BCUT2D eigenvalue weighted by Gasteiger charge is -2.09. The number of benzene rings is 2. The van der Waals surface area contributed by atoms with Crippen molar-refractivity contribution in [3.8, 4) is 5.69 Å². The summed E-state index contributed by atoms with van der Waals surface area (Å²) in [7, 11) is -3.76. The minimum atomic E-state index is -3.76. The van der Waals surface area contributed by atoms with Crippen molar-refractivity contribution in [2.45, 2.75) is 17.7 Å². The lowest BCUT2D eigenvalue weighted by atomic mass is 10.3. The molecule has 0 saturated carbocycles. The summed E-state index contributed by atoms with van der Waals surface area (Å²) in [5.41, 5.74) is 1.44. The topological polar surface area (TPSA) is 105 Å². The van der Waals surface area contributed by atoms with Crippen LogP contribution in [0.25, 0.3) is 5.69 Å². The fourth-order valence-corrected chi connectivity index (χ4v) is 4.22. The molecule has 8 nitrogen and oxygen atoms in total. The Labute approximate surface area is 178 Å². The van der Waals surface area contributed by atoms with E-state index in [1.54, 1.807) is 47.3 Å². The number of amides is 1. The summed E-state index contributed by atoms with van der Waals surface area (Å²) in [4.78, 5) is 16.8. The number of nitrogens with zero attached hydrogens (tertiary/aromatic N) is 3. The molecule has 1 aromatic heterocycles. The van der Waals surface area contributed by atoms with E-state index in [4.69, 9.17) is 11.6 Å². The average molecular weight is 444 g/mol. The van der Waals surface area contributed by atoms with Crippen molar-refractivity contribution in [1.29, 1.82) is 0 Å². The molecule has 10 heteroatoms. The number of hydrogen-bond acceptors (Lipinski definition) is 5. The van der Waals surface area contributed by atoms with Crippen molar-refractivity contribution < 1.29 is 13.2 Å². The molecule has 0 atom stereocenters. The summed E-state index contributed by atoms with van der Waals surface area (Å²) in [6.07, 6.45) is 4.45. The van der Waals surface area contributed by atoms with E-state index in [9.17, 15) is 13.2 Å². The second kappa shape index (κ2) is 8.29. The molecule has 2 aromatic carbocycles. The Morgan fingerprint density at radius 3 is 2.67 bits per heavy atom. The second-order valence-electron chi connectivity index (χ2n) is 6.67. The van der Waals surface area contributed by atoms with E-state index in [1.165, 1.54) is 18.3 Å². The summed E-state index contributed by atoms with van der Waals surface area (Å²) in [5.74, 6) is 0.0527. The fraction of sp³-hybridized carbons (Fsp3) is 0.150. The summed E-state index contributed by atoms with van der Waals surface area (Å²) >= 11 is 5.89. The summed E-state index contributed by atoms with van der Waals surface area (Å²) in [6.45, 7) is 0.623. The highest BCUT2D eigenvalue weighted by Gasteiger charge is 2.19. The Balaban J connectivity index is 1.49. The zero-order valence-corrected chi connectivity index (χ0v) is 17.3. The normalized spacial score (nSPS) is 13.7. The number of aliphatic imine (C=N–C) groups is 1. The first-order valence-electron chi connectivity index (χ1n) is 9.19. The second-order valence-corrected chi connectivity index (χ2v) is 8.79. The van der Waals surface area contributed by atoms with Crippen LogP contribution in [-0.2, 0) is 10.0 Å². The third-order valence-electron chi connectivity index (χ3n) is 4.46. The molecule has 1 aliphatic heterocycles. The minimum absolute atomic E-state index is 0.0479. The van der Waals surface area contributed by atoms with E-state index in [2.05, 4.69) is 20.1 Å². The average Bonchev–Trinajstić information content (AvgIpc) is 3.41. The number of carbonyl (C=O) groups excluding carboxylic acids is 1. The molecule has 30 heavy (non-hydrogen) atoms. The SMILES string of the molecule is O=C(Nc1cccc(S(=O)(=O)NC2=NCCC2)c1)c1cnn(-c2ccc(Cl)cc2)c1. The van der Waals surface area contributed by atoms with Gasteiger partial charge in [0.05, 0.1) is 22.3 Å². The Hall–Kier alpha value is -3.17. The molecule has 1 amide bonds. The van der Waals surface area contributed by atoms with Gasteiger partial charge in [-0.05, 0) is 48.9 Å². The van der Waals surface area contributed by atoms with Crippen molar-refractivity contribution in [2.75, 3.05) is 11.9 Å². The van der Waals surface area contributed by atoms with Crippen molar-refractivity contribution in [2.24, 2.45) is 4.99 Å². The first-order valence-corrected chi connectivity index (χ1v) is 11.0. The Kier molecular flexibility index (Phi) is 5.56. The van der Waals surface area contributed by atoms with Gasteiger partial charge in [0.25, 0.3) is 15.9 Å². The summed E-state index contributed by atoms with van der Waals surface area (Å²) < 4.78 is 29.2. The molecule has 3 aromatic rings. The van der Waals surface area contributed by atoms with Gasteiger partial charge in [-0.15, -0.1) is 0 Å². The van der Waals surface area contributed by atoms with Crippen molar-refractivity contribution in [3.63, 3.8) is 0 Å². The smallest absolute Gasteiger partial charge is 0.262 e. The number of halogens is 1. The molecule has 0 saturated heterocycles. The minimum Gasteiger partial charge on any atom is -0.322 e. The maximum atomic E-state index is 12.6. The molecule has 4 rings (SSSR count). The summed E-state index contributed by atoms with van der Waals surface area (Å²) in [6, 6.07) is 13.1. The van der Waals surface area contributed by atoms with Crippen LogP contribution >= 0.6 is 11.6 Å². The van der Waals surface area contributed by atoms with Gasteiger partial charge in [-0.2, -0.15) is 5.10 Å².